The molecule has 1 amide bonds. The van der Waals surface area contributed by atoms with Gasteiger partial charge in [0, 0.05) is 11.3 Å². The van der Waals surface area contributed by atoms with Crippen LogP contribution in [-0.4, -0.2) is 34.0 Å². The smallest absolute Gasteiger partial charge is 0.234 e. The standard InChI is InChI=1S/C17H15FN4O2S/c1-24-14-8-2-11(3-9-14)16-20-17(22-21-16)25-10-15(23)19-13-6-4-12(18)5-7-13/h2-9H,10H2,1H3,(H,19,23)(H,20,21,22). The summed E-state index contributed by atoms with van der Waals surface area (Å²) in [5.74, 6) is 0.961. The van der Waals surface area contributed by atoms with Crippen molar-refractivity contribution >= 4 is 23.4 Å². The Balaban J connectivity index is 1.55. The number of nitrogens with one attached hydrogen (secondary N) is 2. The second kappa shape index (κ2) is 7.80. The van der Waals surface area contributed by atoms with Gasteiger partial charge < -0.3 is 10.1 Å². The monoisotopic (exact) mass is 358 g/mol. The Kier molecular flexibility index (Phi) is 5.30. The number of rotatable bonds is 6. The molecule has 0 radical (unpaired) electrons. The Morgan fingerprint density at radius 2 is 1.92 bits per heavy atom. The number of halogens is 1. The van der Waals surface area contributed by atoms with Crippen LogP contribution in [0.5, 0.6) is 5.75 Å². The Bertz CT molecular complexity index is 850. The van der Waals surface area contributed by atoms with Gasteiger partial charge in [-0.15, -0.1) is 5.10 Å². The van der Waals surface area contributed by atoms with Crippen molar-refractivity contribution in [2.75, 3.05) is 18.2 Å². The SMILES string of the molecule is COc1ccc(-c2nc(SCC(=O)Nc3ccc(F)cc3)n[nH]2)cc1. The minimum atomic E-state index is -0.348. The number of aromatic nitrogens is 3. The third-order valence-electron chi connectivity index (χ3n) is 3.29. The topological polar surface area (TPSA) is 79.9 Å². The molecule has 3 aromatic rings. The summed E-state index contributed by atoms with van der Waals surface area (Å²) in [4.78, 5) is 16.3. The summed E-state index contributed by atoms with van der Waals surface area (Å²) in [6.07, 6.45) is 0. The number of thioether (sulfide) groups is 1. The molecule has 0 aliphatic heterocycles. The van der Waals surface area contributed by atoms with Gasteiger partial charge in [0.1, 0.15) is 11.6 Å². The lowest BCUT2D eigenvalue weighted by Crippen LogP contribution is -2.14. The van der Waals surface area contributed by atoms with Crippen LogP contribution in [0.3, 0.4) is 0 Å². The van der Waals surface area contributed by atoms with Crippen molar-refractivity contribution in [1.29, 1.82) is 0 Å². The fourth-order valence-electron chi connectivity index (χ4n) is 2.05. The van der Waals surface area contributed by atoms with Crippen molar-refractivity contribution in [3.8, 4) is 17.1 Å². The normalized spacial score (nSPS) is 10.5. The third kappa shape index (κ3) is 4.57. The van der Waals surface area contributed by atoms with Gasteiger partial charge in [-0.25, -0.2) is 9.37 Å². The van der Waals surface area contributed by atoms with Gasteiger partial charge in [-0.3, -0.25) is 9.89 Å². The molecule has 0 saturated carbocycles. The quantitative estimate of drug-likeness (QED) is 0.661. The first-order valence-corrected chi connectivity index (χ1v) is 8.37. The van der Waals surface area contributed by atoms with Gasteiger partial charge in [-0.1, -0.05) is 11.8 Å². The molecular formula is C17H15FN4O2S. The number of amides is 1. The fraction of sp³-hybridized carbons (Fsp3) is 0.118. The van der Waals surface area contributed by atoms with E-state index in [1.807, 2.05) is 24.3 Å². The van der Waals surface area contributed by atoms with Gasteiger partial charge >= 0.3 is 0 Å². The number of nitrogens with zero attached hydrogens (tertiary/aromatic N) is 2. The lowest BCUT2D eigenvalue weighted by molar-refractivity contribution is -0.113. The summed E-state index contributed by atoms with van der Waals surface area (Å²) in [5, 5.41) is 10.1. The molecule has 2 aromatic carbocycles. The van der Waals surface area contributed by atoms with Crippen molar-refractivity contribution in [2.24, 2.45) is 0 Å². The first-order chi connectivity index (χ1) is 12.1. The number of hydrogen-bond donors (Lipinski definition) is 2. The van der Waals surface area contributed by atoms with Crippen LogP contribution >= 0.6 is 11.8 Å². The van der Waals surface area contributed by atoms with Crippen LogP contribution in [0.2, 0.25) is 0 Å². The zero-order chi connectivity index (χ0) is 17.6. The van der Waals surface area contributed by atoms with E-state index >= 15 is 0 Å². The number of benzene rings is 2. The molecule has 0 aliphatic carbocycles. The van der Waals surface area contributed by atoms with Crippen molar-refractivity contribution in [3.63, 3.8) is 0 Å². The Hall–Kier alpha value is -2.87. The molecule has 2 N–H and O–H groups in total. The van der Waals surface area contributed by atoms with Gasteiger partial charge in [0.15, 0.2) is 5.82 Å². The number of ether oxygens (including phenoxy) is 1. The van der Waals surface area contributed by atoms with Crippen molar-refractivity contribution in [3.05, 3.63) is 54.3 Å². The number of anilines is 1. The molecule has 0 atom stereocenters. The maximum atomic E-state index is 12.8. The van der Waals surface area contributed by atoms with Crippen molar-refractivity contribution in [1.82, 2.24) is 15.2 Å². The van der Waals surface area contributed by atoms with Gasteiger partial charge in [0.25, 0.3) is 0 Å². The van der Waals surface area contributed by atoms with E-state index in [1.54, 1.807) is 7.11 Å². The number of carbonyl (C=O) groups is 1. The lowest BCUT2D eigenvalue weighted by atomic mass is 10.2. The molecule has 1 aromatic heterocycles. The Morgan fingerprint density at radius 3 is 2.60 bits per heavy atom. The number of carbonyl (C=O) groups excluding carboxylic acids is 1. The van der Waals surface area contributed by atoms with Gasteiger partial charge in [0.05, 0.1) is 12.9 Å². The summed E-state index contributed by atoms with van der Waals surface area (Å²) in [7, 11) is 1.61. The van der Waals surface area contributed by atoms with E-state index in [1.165, 1.54) is 36.0 Å². The number of methoxy groups -OCH3 is 1. The molecule has 25 heavy (non-hydrogen) atoms. The van der Waals surface area contributed by atoms with E-state index in [0.717, 1.165) is 11.3 Å². The predicted octanol–water partition coefficient (Wildman–Crippen LogP) is 3.35. The van der Waals surface area contributed by atoms with Crippen LogP contribution in [0.4, 0.5) is 10.1 Å². The zero-order valence-electron chi connectivity index (χ0n) is 13.3. The highest BCUT2D eigenvalue weighted by Gasteiger charge is 2.09. The van der Waals surface area contributed by atoms with Crippen LogP contribution in [0.1, 0.15) is 0 Å². The summed E-state index contributed by atoms with van der Waals surface area (Å²) < 4.78 is 17.9. The first kappa shape index (κ1) is 17.0. The largest absolute Gasteiger partial charge is 0.497 e. The molecule has 1 heterocycles. The number of hydrogen-bond acceptors (Lipinski definition) is 5. The van der Waals surface area contributed by atoms with E-state index in [4.69, 9.17) is 4.74 Å². The van der Waals surface area contributed by atoms with E-state index < -0.39 is 0 Å². The minimum Gasteiger partial charge on any atom is -0.497 e. The molecule has 0 fully saturated rings. The van der Waals surface area contributed by atoms with E-state index in [9.17, 15) is 9.18 Å². The van der Waals surface area contributed by atoms with Crippen molar-refractivity contribution in [2.45, 2.75) is 5.16 Å². The van der Waals surface area contributed by atoms with E-state index in [0.29, 0.717) is 16.7 Å². The fourth-order valence-corrected chi connectivity index (χ4v) is 2.65. The Morgan fingerprint density at radius 1 is 1.20 bits per heavy atom. The highest BCUT2D eigenvalue weighted by atomic mass is 32.2. The van der Waals surface area contributed by atoms with Crippen LogP contribution in [-0.2, 0) is 4.79 Å². The average molecular weight is 358 g/mol. The molecule has 0 spiro atoms. The summed E-state index contributed by atoms with van der Waals surface area (Å²) >= 11 is 1.21. The maximum Gasteiger partial charge on any atom is 0.234 e. The van der Waals surface area contributed by atoms with Crippen LogP contribution < -0.4 is 10.1 Å². The predicted molar refractivity (Wildman–Crippen MR) is 94.1 cm³/mol. The first-order valence-electron chi connectivity index (χ1n) is 7.39. The van der Waals surface area contributed by atoms with Crippen LogP contribution in [0, 0.1) is 5.82 Å². The van der Waals surface area contributed by atoms with Crippen molar-refractivity contribution < 1.29 is 13.9 Å². The van der Waals surface area contributed by atoms with Crippen LogP contribution in [0.25, 0.3) is 11.4 Å². The maximum absolute atomic E-state index is 12.8. The lowest BCUT2D eigenvalue weighted by Gasteiger charge is -2.03. The molecular weight excluding hydrogens is 343 g/mol. The molecule has 0 bridgehead atoms. The highest BCUT2D eigenvalue weighted by Crippen LogP contribution is 2.21. The zero-order valence-corrected chi connectivity index (χ0v) is 14.1. The molecule has 8 heteroatoms. The second-order valence-corrected chi connectivity index (χ2v) is 5.98. The highest BCUT2D eigenvalue weighted by molar-refractivity contribution is 7.99. The molecule has 3 rings (SSSR count). The van der Waals surface area contributed by atoms with Gasteiger partial charge in [-0.2, -0.15) is 0 Å². The number of H-pyrrole nitrogens is 1. The van der Waals surface area contributed by atoms with Gasteiger partial charge in [-0.05, 0) is 48.5 Å². The molecule has 128 valence electrons. The second-order valence-electron chi connectivity index (χ2n) is 5.04. The molecule has 0 unspecified atom stereocenters. The minimum absolute atomic E-state index is 0.150. The van der Waals surface area contributed by atoms with E-state index in [2.05, 4.69) is 20.5 Å². The molecule has 6 nitrogen and oxygen atoms in total. The molecule has 0 aliphatic rings. The summed E-state index contributed by atoms with van der Waals surface area (Å²) in [6, 6.07) is 13.0. The van der Waals surface area contributed by atoms with E-state index in [-0.39, 0.29) is 17.5 Å². The summed E-state index contributed by atoms with van der Waals surface area (Å²) in [5.41, 5.74) is 1.41. The summed E-state index contributed by atoms with van der Waals surface area (Å²) in [6.45, 7) is 0. The van der Waals surface area contributed by atoms with Gasteiger partial charge in [0.2, 0.25) is 11.1 Å². The number of aromatic amines is 1. The Labute approximate surface area is 147 Å². The molecule has 0 saturated heterocycles. The average Bonchev–Trinajstić information content (AvgIpc) is 3.11. The third-order valence-corrected chi connectivity index (χ3v) is 4.14. The van der Waals surface area contributed by atoms with Crippen LogP contribution in [0.15, 0.2) is 53.7 Å².